The van der Waals surface area contributed by atoms with Gasteiger partial charge in [0.2, 0.25) is 0 Å². The largest absolute Gasteiger partial charge is 0.261 e. The lowest BCUT2D eigenvalue weighted by atomic mass is 10.2. The molecule has 0 amide bonds. The van der Waals surface area contributed by atoms with Crippen LogP contribution >= 0.6 is 11.3 Å². The molecule has 1 unspecified atom stereocenters. The van der Waals surface area contributed by atoms with Crippen molar-refractivity contribution in [3.8, 4) is 0 Å². The molecular formula is C12H23FN2OS2Si. The van der Waals surface area contributed by atoms with Gasteiger partial charge in [0.15, 0.2) is 14.1 Å². The van der Waals surface area contributed by atoms with E-state index in [9.17, 15) is 8.60 Å². The Labute approximate surface area is 120 Å². The first-order valence-corrected chi connectivity index (χ1v) is 11.6. The van der Waals surface area contributed by atoms with Crippen molar-refractivity contribution in [1.29, 1.82) is 0 Å². The van der Waals surface area contributed by atoms with Gasteiger partial charge in [-0.05, 0) is 30.6 Å². The molecule has 0 aliphatic rings. The molecule has 0 spiro atoms. The zero-order chi connectivity index (χ0) is 15.1. The summed E-state index contributed by atoms with van der Waals surface area (Å²) in [6.07, 6.45) is 0.706. The molecule has 0 radical (unpaired) electrons. The van der Waals surface area contributed by atoms with Crippen molar-refractivity contribution in [2.75, 3.05) is 0 Å². The number of thiophene rings is 1. The minimum absolute atomic E-state index is 0.0731. The van der Waals surface area contributed by atoms with Crippen LogP contribution in [0.5, 0.6) is 0 Å². The van der Waals surface area contributed by atoms with Gasteiger partial charge in [-0.2, -0.15) is 0 Å². The molecule has 1 atom stereocenters. The Bertz CT molecular complexity index is 581. The molecule has 0 fully saturated rings. The standard InChI is InChI=1S/C12H23FN2OS2Si/c1-7-9-8-10(13)11(17-9)18(14,16)15-19(5,6)12(2,3)4/h8H,7H2,1-6H3,(H2,14,15,16). The summed E-state index contributed by atoms with van der Waals surface area (Å²) in [5, 5.41) is 5.78. The second-order valence-corrected chi connectivity index (χ2v) is 14.5. The quantitative estimate of drug-likeness (QED) is 0.835. The van der Waals surface area contributed by atoms with Crippen molar-refractivity contribution in [3.63, 3.8) is 0 Å². The number of hydrogen-bond acceptors (Lipinski definition) is 3. The highest BCUT2D eigenvalue weighted by Gasteiger charge is 2.37. The minimum Gasteiger partial charge on any atom is -0.261 e. The van der Waals surface area contributed by atoms with Crippen molar-refractivity contribution >= 4 is 29.5 Å². The molecule has 0 bridgehead atoms. The van der Waals surface area contributed by atoms with E-state index in [2.05, 4.69) is 24.8 Å². The third-order valence-corrected chi connectivity index (χ3v) is 12.8. The van der Waals surface area contributed by atoms with Gasteiger partial charge >= 0.3 is 0 Å². The minimum atomic E-state index is -3.14. The third kappa shape index (κ3) is 3.65. The number of aryl methyl sites for hydroxylation is 1. The average Bonchev–Trinajstić information content (AvgIpc) is 2.57. The summed E-state index contributed by atoms with van der Waals surface area (Å²) >= 11 is 1.17. The van der Waals surface area contributed by atoms with Crippen LogP contribution in [0.1, 0.15) is 32.6 Å². The van der Waals surface area contributed by atoms with E-state index in [1.807, 2.05) is 20.0 Å². The Kier molecular flexibility index (Phi) is 4.66. The molecule has 0 aliphatic carbocycles. The zero-order valence-electron chi connectivity index (χ0n) is 12.4. The first-order valence-electron chi connectivity index (χ1n) is 6.25. The van der Waals surface area contributed by atoms with Crippen molar-refractivity contribution in [2.24, 2.45) is 9.17 Å². The number of hydrogen-bond donors (Lipinski definition) is 1. The highest BCUT2D eigenvalue weighted by atomic mass is 32.2. The second-order valence-electron chi connectivity index (χ2n) is 6.17. The predicted octanol–water partition coefficient (Wildman–Crippen LogP) is 4.16. The Hall–Kier alpha value is -0.243. The lowest BCUT2D eigenvalue weighted by Gasteiger charge is -2.32. The zero-order valence-corrected chi connectivity index (χ0v) is 15.0. The molecule has 19 heavy (non-hydrogen) atoms. The van der Waals surface area contributed by atoms with Gasteiger partial charge in [-0.3, -0.25) is 4.03 Å². The molecule has 1 heterocycles. The first kappa shape index (κ1) is 16.8. The summed E-state index contributed by atoms with van der Waals surface area (Å²) < 4.78 is 31.0. The molecule has 0 saturated carbocycles. The highest BCUT2D eigenvalue weighted by molar-refractivity contribution is 7.94. The number of rotatable bonds is 3. The Morgan fingerprint density at radius 1 is 1.47 bits per heavy atom. The average molecular weight is 323 g/mol. The van der Waals surface area contributed by atoms with Gasteiger partial charge in [0.05, 0.1) is 0 Å². The Morgan fingerprint density at radius 3 is 2.37 bits per heavy atom. The predicted molar refractivity (Wildman–Crippen MR) is 83.9 cm³/mol. The fraction of sp³-hybridized carbons (Fsp3) is 0.667. The van der Waals surface area contributed by atoms with Crippen LogP contribution in [-0.2, 0) is 16.3 Å². The maximum atomic E-state index is 13.9. The third-order valence-electron chi connectivity index (χ3n) is 3.52. The molecule has 3 nitrogen and oxygen atoms in total. The monoisotopic (exact) mass is 322 g/mol. The maximum Gasteiger partial charge on any atom is 0.195 e. The number of nitrogens with zero attached hydrogens (tertiary/aromatic N) is 1. The summed E-state index contributed by atoms with van der Waals surface area (Å²) in [6, 6.07) is 1.41. The van der Waals surface area contributed by atoms with Crippen LogP contribution < -0.4 is 5.14 Å². The van der Waals surface area contributed by atoms with Crippen LogP contribution in [0.3, 0.4) is 0 Å². The smallest absolute Gasteiger partial charge is 0.195 e. The summed E-state index contributed by atoms with van der Waals surface area (Å²) in [4.78, 5) is 0.844. The molecule has 7 heteroatoms. The van der Waals surface area contributed by atoms with E-state index in [0.29, 0.717) is 6.42 Å². The molecular weight excluding hydrogens is 299 g/mol. The molecule has 2 N–H and O–H groups in total. The molecule has 1 aromatic rings. The van der Waals surface area contributed by atoms with E-state index in [4.69, 9.17) is 5.14 Å². The number of nitrogens with two attached hydrogens (primary N) is 1. The lowest BCUT2D eigenvalue weighted by Crippen LogP contribution is -2.37. The molecule has 0 aliphatic heterocycles. The van der Waals surface area contributed by atoms with Crippen LogP contribution in [0.25, 0.3) is 0 Å². The fourth-order valence-electron chi connectivity index (χ4n) is 1.29. The summed E-state index contributed by atoms with van der Waals surface area (Å²) in [6.45, 7) is 12.1. The van der Waals surface area contributed by atoms with Gasteiger partial charge < -0.3 is 0 Å². The van der Waals surface area contributed by atoms with Crippen molar-refractivity contribution in [1.82, 2.24) is 0 Å². The molecule has 0 aromatic carbocycles. The normalized spacial score (nSPS) is 16.2. The van der Waals surface area contributed by atoms with Crippen LogP contribution in [-0.4, -0.2) is 12.4 Å². The van der Waals surface area contributed by atoms with E-state index in [-0.39, 0.29) is 9.25 Å². The summed E-state index contributed by atoms with van der Waals surface area (Å²) in [5.41, 5.74) is 0. The van der Waals surface area contributed by atoms with Gasteiger partial charge in [0.1, 0.15) is 14.1 Å². The lowest BCUT2D eigenvalue weighted by molar-refractivity contribution is 0.604. The van der Waals surface area contributed by atoms with E-state index < -0.39 is 24.0 Å². The fourth-order valence-corrected chi connectivity index (χ4v) is 7.60. The SMILES string of the molecule is CCc1cc(F)c(S(N)(=O)=N[Si](C)(C)C(C)(C)C)s1. The van der Waals surface area contributed by atoms with Crippen molar-refractivity contribution in [3.05, 3.63) is 16.8 Å². The molecule has 0 saturated heterocycles. The van der Waals surface area contributed by atoms with Gasteiger partial charge in [-0.1, -0.05) is 27.7 Å². The van der Waals surface area contributed by atoms with Gasteiger partial charge in [0, 0.05) is 4.88 Å². The second kappa shape index (κ2) is 5.27. The van der Waals surface area contributed by atoms with Crippen LogP contribution in [0, 0.1) is 5.82 Å². The summed E-state index contributed by atoms with van der Waals surface area (Å²) in [5.74, 6) is -0.489. The van der Waals surface area contributed by atoms with Crippen LogP contribution in [0.2, 0.25) is 18.1 Å². The van der Waals surface area contributed by atoms with Crippen molar-refractivity contribution < 1.29 is 8.60 Å². The van der Waals surface area contributed by atoms with Crippen LogP contribution in [0.4, 0.5) is 4.39 Å². The first-order chi connectivity index (χ1) is 8.40. The molecule has 1 rings (SSSR count). The van der Waals surface area contributed by atoms with E-state index in [1.165, 1.54) is 17.4 Å². The van der Waals surface area contributed by atoms with Crippen LogP contribution in [0.15, 0.2) is 14.3 Å². The topological polar surface area (TPSA) is 55.5 Å². The van der Waals surface area contributed by atoms with Gasteiger partial charge in [-0.25, -0.2) is 13.7 Å². The van der Waals surface area contributed by atoms with E-state index in [1.54, 1.807) is 0 Å². The maximum absolute atomic E-state index is 13.9. The summed E-state index contributed by atoms with van der Waals surface area (Å²) in [7, 11) is -5.32. The van der Waals surface area contributed by atoms with Gasteiger partial charge in [-0.15, -0.1) is 11.3 Å². The Morgan fingerprint density at radius 2 is 2.00 bits per heavy atom. The van der Waals surface area contributed by atoms with Gasteiger partial charge in [0.25, 0.3) is 0 Å². The van der Waals surface area contributed by atoms with E-state index in [0.717, 1.165) is 4.88 Å². The highest BCUT2D eigenvalue weighted by Crippen LogP contribution is 2.38. The molecule has 110 valence electrons. The molecule has 1 aromatic heterocycles. The van der Waals surface area contributed by atoms with Crippen molar-refractivity contribution in [2.45, 2.75) is 56.5 Å². The number of halogens is 1. The van der Waals surface area contributed by atoms with E-state index >= 15 is 0 Å². The Balaban J connectivity index is 3.38.